The van der Waals surface area contributed by atoms with Crippen LogP contribution in [0.4, 0.5) is 0 Å². The lowest BCUT2D eigenvalue weighted by Gasteiger charge is -2.27. The number of fused-ring (bicyclic) bond motifs is 1. The SMILES string of the molecule is CCN(CC)C1=C(C#N)C(=O)c2ccccc2C1=O. The van der Waals surface area contributed by atoms with Crippen molar-refractivity contribution in [3.8, 4) is 6.07 Å². The molecule has 0 atom stereocenters. The Bertz CT molecular complexity index is 619. The van der Waals surface area contributed by atoms with E-state index in [0.717, 1.165) is 0 Å². The lowest BCUT2D eigenvalue weighted by Crippen LogP contribution is -2.33. The van der Waals surface area contributed by atoms with Gasteiger partial charge >= 0.3 is 0 Å². The van der Waals surface area contributed by atoms with E-state index >= 15 is 0 Å². The molecule has 19 heavy (non-hydrogen) atoms. The largest absolute Gasteiger partial charge is 0.368 e. The van der Waals surface area contributed by atoms with E-state index in [4.69, 9.17) is 0 Å². The Kier molecular flexibility index (Phi) is 3.48. The summed E-state index contributed by atoms with van der Waals surface area (Å²) in [7, 11) is 0. The number of carbonyl (C=O) groups excluding carboxylic acids is 2. The van der Waals surface area contributed by atoms with E-state index < -0.39 is 0 Å². The number of hydrogen-bond donors (Lipinski definition) is 0. The van der Waals surface area contributed by atoms with Crippen molar-refractivity contribution in [1.82, 2.24) is 4.90 Å². The zero-order valence-electron chi connectivity index (χ0n) is 10.9. The van der Waals surface area contributed by atoms with Gasteiger partial charge in [-0.1, -0.05) is 24.3 Å². The van der Waals surface area contributed by atoms with Crippen LogP contribution in [0.1, 0.15) is 34.6 Å². The summed E-state index contributed by atoms with van der Waals surface area (Å²) >= 11 is 0. The van der Waals surface area contributed by atoms with E-state index in [2.05, 4.69) is 0 Å². The number of nitriles is 1. The molecule has 0 unspecified atom stereocenters. The molecular formula is C15H14N2O2. The number of Topliss-reactive ketones (excluding diaryl/α,β-unsaturated/α-hetero) is 2. The Morgan fingerprint density at radius 3 is 2.05 bits per heavy atom. The molecule has 1 aliphatic rings. The Morgan fingerprint density at radius 2 is 1.58 bits per heavy atom. The summed E-state index contributed by atoms with van der Waals surface area (Å²) in [5, 5.41) is 9.21. The van der Waals surface area contributed by atoms with Gasteiger partial charge in [-0.05, 0) is 13.8 Å². The fraction of sp³-hybridized carbons (Fsp3) is 0.267. The average molecular weight is 254 g/mol. The molecule has 0 heterocycles. The topological polar surface area (TPSA) is 61.2 Å². The lowest BCUT2D eigenvalue weighted by molar-refractivity contribution is 0.0947. The summed E-state index contributed by atoms with van der Waals surface area (Å²) in [5.41, 5.74) is 0.886. The quantitative estimate of drug-likeness (QED) is 0.829. The van der Waals surface area contributed by atoms with Gasteiger partial charge in [-0.15, -0.1) is 0 Å². The standard InChI is InChI=1S/C15H14N2O2/c1-3-17(4-2)13-12(9-16)14(18)10-7-5-6-8-11(10)15(13)19/h5-8H,3-4H2,1-2H3. The first-order valence-electron chi connectivity index (χ1n) is 6.23. The molecule has 0 N–H and O–H groups in total. The molecule has 96 valence electrons. The Morgan fingerprint density at radius 1 is 1.05 bits per heavy atom. The minimum absolute atomic E-state index is 0.0487. The molecule has 0 saturated carbocycles. The van der Waals surface area contributed by atoms with Gasteiger partial charge < -0.3 is 4.90 Å². The number of carbonyl (C=O) groups is 2. The number of rotatable bonds is 3. The number of likely N-dealkylation sites (N-methyl/N-ethyl adjacent to an activating group) is 1. The van der Waals surface area contributed by atoms with Crippen LogP contribution in [0.2, 0.25) is 0 Å². The predicted molar refractivity (Wildman–Crippen MR) is 70.7 cm³/mol. The number of benzene rings is 1. The van der Waals surface area contributed by atoms with Crippen LogP contribution in [0.3, 0.4) is 0 Å². The van der Waals surface area contributed by atoms with Gasteiger partial charge in [-0.25, -0.2) is 0 Å². The van der Waals surface area contributed by atoms with Crippen LogP contribution in [-0.4, -0.2) is 29.6 Å². The van der Waals surface area contributed by atoms with Crippen molar-refractivity contribution in [3.63, 3.8) is 0 Å². The predicted octanol–water partition coefficient (Wildman–Crippen LogP) is 2.19. The molecule has 1 aromatic rings. The second-order valence-corrected chi connectivity index (χ2v) is 4.21. The third kappa shape index (κ3) is 1.93. The first kappa shape index (κ1) is 13.0. The van der Waals surface area contributed by atoms with Crippen LogP contribution in [0.5, 0.6) is 0 Å². The first-order chi connectivity index (χ1) is 9.15. The number of hydrogen-bond acceptors (Lipinski definition) is 4. The monoisotopic (exact) mass is 254 g/mol. The normalized spacial score (nSPS) is 14.2. The first-order valence-corrected chi connectivity index (χ1v) is 6.23. The fourth-order valence-corrected chi connectivity index (χ4v) is 2.31. The Hall–Kier alpha value is -2.41. The smallest absolute Gasteiger partial charge is 0.211 e. The highest BCUT2D eigenvalue weighted by Crippen LogP contribution is 2.27. The van der Waals surface area contributed by atoms with Gasteiger partial charge in [-0.3, -0.25) is 9.59 Å². The second-order valence-electron chi connectivity index (χ2n) is 4.21. The fourth-order valence-electron chi connectivity index (χ4n) is 2.31. The zero-order chi connectivity index (χ0) is 14.0. The van der Waals surface area contributed by atoms with Gasteiger partial charge in [0.25, 0.3) is 0 Å². The molecule has 0 radical (unpaired) electrons. The third-order valence-corrected chi connectivity index (χ3v) is 3.29. The van der Waals surface area contributed by atoms with E-state index in [1.54, 1.807) is 29.2 Å². The molecule has 4 heteroatoms. The van der Waals surface area contributed by atoms with Crippen LogP contribution in [0.15, 0.2) is 35.5 Å². The summed E-state index contributed by atoms with van der Waals surface area (Å²) in [6.07, 6.45) is 0. The van der Waals surface area contributed by atoms with Gasteiger partial charge in [-0.2, -0.15) is 5.26 Å². The van der Waals surface area contributed by atoms with Crippen molar-refractivity contribution in [2.75, 3.05) is 13.1 Å². The highest BCUT2D eigenvalue weighted by atomic mass is 16.1. The Balaban J connectivity index is 2.68. The molecule has 0 amide bonds. The van der Waals surface area contributed by atoms with Crippen molar-refractivity contribution in [1.29, 1.82) is 5.26 Å². The van der Waals surface area contributed by atoms with Crippen LogP contribution in [-0.2, 0) is 0 Å². The molecule has 2 rings (SSSR count). The third-order valence-electron chi connectivity index (χ3n) is 3.29. The minimum atomic E-state index is -0.361. The van der Waals surface area contributed by atoms with Crippen LogP contribution < -0.4 is 0 Å². The summed E-state index contributed by atoms with van der Waals surface area (Å²) < 4.78 is 0. The second kappa shape index (κ2) is 5.07. The molecule has 4 nitrogen and oxygen atoms in total. The summed E-state index contributed by atoms with van der Waals surface area (Å²) in [4.78, 5) is 26.5. The van der Waals surface area contributed by atoms with E-state index in [1.807, 2.05) is 19.9 Å². The van der Waals surface area contributed by atoms with E-state index in [9.17, 15) is 14.9 Å². The maximum absolute atomic E-state index is 12.5. The molecule has 0 bridgehead atoms. The molecule has 0 aromatic heterocycles. The summed E-state index contributed by atoms with van der Waals surface area (Å²) in [5.74, 6) is -0.602. The molecule has 0 saturated heterocycles. The van der Waals surface area contributed by atoms with Crippen molar-refractivity contribution < 1.29 is 9.59 Å². The molecule has 0 fully saturated rings. The van der Waals surface area contributed by atoms with E-state index in [1.165, 1.54) is 0 Å². The minimum Gasteiger partial charge on any atom is -0.368 e. The van der Waals surface area contributed by atoms with Crippen LogP contribution >= 0.6 is 0 Å². The maximum Gasteiger partial charge on any atom is 0.211 e. The number of allylic oxidation sites excluding steroid dienone is 2. The van der Waals surface area contributed by atoms with Crippen molar-refractivity contribution in [2.24, 2.45) is 0 Å². The lowest BCUT2D eigenvalue weighted by atomic mass is 9.87. The van der Waals surface area contributed by atoms with E-state index in [-0.39, 0.29) is 22.8 Å². The molecular weight excluding hydrogens is 240 g/mol. The number of ketones is 2. The highest BCUT2D eigenvalue weighted by Gasteiger charge is 2.34. The van der Waals surface area contributed by atoms with Gasteiger partial charge in [0, 0.05) is 24.2 Å². The molecule has 0 aliphatic heterocycles. The zero-order valence-corrected chi connectivity index (χ0v) is 10.9. The highest BCUT2D eigenvalue weighted by molar-refractivity contribution is 6.28. The van der Waals surface area contributed by atoms with Gasteiger partial charge in [0.05, 0.1) is 0 Å². The molecule has 1 aliphatic carbocycles. The maximum atomic E-state index is 12.5. The molecule has 0 spiro atoms. The van der Waals surface area contributed by atoms with Gasteiger partial charge in [0.15, 0.2) is 0 Å². The van der Waals surface area contributed by atoms with Gasteiger partial charge in [0.2, 0.25) is 11.6 Å². The van der Waals surface area contributed by atoms with E-state index in [0.29, 0.717) is 24.2 Å². The number of nitrogens with zero attached hydrogens (tertiary/aromatic N) is 2. The summed E-state index contributed by atoms with van der Waals surface area (Å²) in [6, 6.07) is 8.53. The van der Waals surface area contributed by atoms with Crippen molar-refractivity contribution in [3.05, 3.63) is 46.7 Å². The van der Waals surface area contributed by atoms with Crippen molar-refractivity contribution >= 4 is 11.6 Å². The summed E-state index contributed by atoms with van der Waals surface area (Å²) in [6.45, 7) is 4.95. The van der Waals surface area contributed by atoms with Gasteiger partial charge in [0.1, 0.15) is 17.3 Å². The Labute approximate surface area is 111 Å². The van der Waals surface area contributed by atoms with Crippen LogP contribution in [0, 0.1) is 11.3 Å². The van der Waals surface area contributed by atoms with Crippen LogP contribution in [0.25, 0.3) is 0 Å². The van der Waals surface area contributed by atoms with Crippen molar-refractivity contribution in [2.45, 2.75) is 13.8 Å². The molecule has 1 aromatic carbocycles. The average Bonchev–Trinajstić information content (AvgIpc) is 2.45.